The summed E-state index contributed by atoms with van der Waals surface area (Å²) in [4.78, 5) is 29.3. The molecule has 2 aromatic carbocycles. The number of furan rings is 1. The van der Waals surface area contributed by atoms with Gasteiger partial charge in [-0.3, -0.25) is 14.5 Å². The van der Waals surface area contributed by atoms with Crippen LogP contribution in [-0.2, 0) is 26.2 Å². The molecule has 1 aliphatic rings. The smallest absolute Gasteiger partial charge is 0.251 e. The van der Waals surface area contributed by atoms with Crippen molar-refractivity contribution in [1.29, 1.82) is 0 Å². The lowest BCUT2D eigenvalue weighted by Gasteiger charge is -2.32. The first kappa shape index (κ1) is 27.5. The molecule has 2 amide bonds. The topological polar surface area (TPSA) is 131 Å². The maximum atomic E-state index is 14.1. The Morgan fingerprint density at radius 3 is 2.42 bits per heavy atom. The highest BCUT2D eigenvalue weighted by molar-refractivity contribution is 7.89. The van der Waals surface area contributed by atoms with E-state index in [4.69, 9.17) is 4.42 Å². The molecule has 0 bridgehead atoms. The lowest BCUT2D eigenvalue weighted by atomic mass is 9.95. The van der Waals surface area contributed by atoms with Gasteiger partial charge in [0.1, 0.15) is 17.8 Å². The number of fused-ring (bicyclic) bond motifs is 1. The van der Waals surface area contributed by atoms with E-state index in [1.165, 1.54) is 54.2 Å². The molecule has 0 radical (unpaired) electrons. The van der Waals surface area contributed by atoms with Gasteiger partial charge in [0, 0.05) is 25.8 Å². The van der Waals surface area contributed by atoms with Crippen LogP contribution in [0, 0.1) is 0 Å². The van der Waals surface area contributed by atoms with E-state index in [2.05, 4.69) is 15.6 Å². The molecule has 0 spiro atoms. The summed E-state index contributed by atoms with van der Waals surface area (Å²) in [6.45, 7) is -0.202. The molecule has 1 atom stereocenters. The van der Waals surface area contributed by atoms with Crippen LogP contribution in [-0.4, -0.2) is 59.7 Å². The van der Waals surface area contributed by atoms with Crippen LogP contribution < -0.4 is 10.2 Å². The molecule has 1 N–H and O–H groups in total. The molecule has 12 heteroatoms. The van der Waals surface area contributed by atoms with Gasteiger partial charge in [0.2, 0.25) is 15.9 Å². The minimum atomic E-state index is -3.69. The molecule has 1 saturated carbocycles. The van der Waals surface area contributed by atoms with Crippen molar-refractivity contribution in [2.75, 3.05) is 19.0 Å². The van der Waals surface area contributed by atoms with Crippen LogP contribution in [0.5, 0.6) is 0 Å². The van der Waals surface area contributed by atoms with Crippen LogP contribution in [0.2, 0.25) is 0 Å². The molecule has 1 aliphatic carbocycles. The van der Waals surface area contributed by atoms with E-state index in [0.29, 0.717) is 16.7 Å². The van der Waals surface area contributed by atoms with Crippen molar-refractivity contribution < 1.29 is 22.4 Å². The quantitative estimate of drug-likeness (QED) is 0.329. The van der Waals surface area contributed by atoms with Gasteiger partial charge in [0.05, 0.1) is 16.7 Å². The van der Waals surface area contributed by atoms with Crippen molar-refractivity contribution >= 4 is 38.6 Å². The van der Waals surface area contributed by atoms with E-state index in [1.54, 1.807) is 18.2 Å². The highest BCUT2D eigenvalue weighted by atomic mass is 32.2. The fraction of sp³-hybridized carbons (Fsp3) is 0.357. The second kappa shape index (κ2) is 11.6. The van der Waals surface area contributed by atoms with E-state index in [-0.39, 0.29) is 29.1 Å². The maximum absolute atomic E-state index is 14.1. The van der Waals surface area contributed by atoms with Gasteiger partial charge in [-0.15, -0.1) is 5.10 Å². The first-order valence-corrected chi connectivity index (χ1v) is 14.7. The van der Waals surface area contributed by atoms with Gasteiger partial charge in [-0.05, 0) is 61.4 Å². The Kier molecular flexibility index (Phi) is 7.99. The zero-order chi connectivity index (χ0) is 28.3. The molecule has 0 unspecified atom stereocenters. The molecule has 5 rings (SSSR count). The Balaban J connectivity index is 1.55. The second-order valence-electron chi connectivity index (χ2n) is 10.0. The van der Waals surface area contributed by atoms with Crippen LogP contribution in [0.4, 0.5) is 5.69 Å². The first-order valence-electron chi connectivity index (χ1n) is 13.2. The highest BCUT2D eigenvalue weighted by Gasteiger charge is 2.36. The van der Waals surface area contributed by atoms with Gasteiger partial charge in [0.15, 0.2) is 6.04 Å². The number of para-hydroxylation sites is 1. The molecule has 1 fully saturated rings. The number of sulfonamides is 1. The number of nitrogens with zero attached hydrogens (tertiary/aromatic N) is 5. The van der Waals surface area contributed by atoms with E-state index >= 15 is 0 Å². The van der Waals surface area contributed by atoms with Crippen LogP contribution >= 0.6 is 0 Å². The number of carbonyl (C=O) groups excluding carboxylic acids is 2. The summed E-state index contributed by atoms with van der Waals surface area (Å²) in [7, 11) is -0.797. The van der Waals surface area contributed by atoms with E-state index in [9.17, 15) is 18.0 Å². The highest BCUT2D eigenvalue weighted by Crippen LogP contribution is 2.31. The minimum Gasteiger partial charge on any atom is -0.467 e. The molecule has 0 saturated heterocycles. The lowest BCUT2D eigenvalue weighted by molar-refractivity contribution is -0.128. The third-order valence-electron chi connectivity index (χ3n) is 7.14. The standard InChI is InChI=1S/C28H32N6O5S/c1-32(2)40(37,38)22-16-14-21(15-17-22)34(26(35)19-33-24-12-7-6-11-23(24)30-31-33)27(25-13-8-18-39-25)28(36)29-20-9-4-3-5-10-20/h6-8,11-18,20,27H,3-5,9-10,19H2,1-2H3,(H,29,36)/t27-/m1/s1. The van der Waals surface area contributed by atoms with Crippen molar-refractivity contribution in [3.63, 3.8) is 0 Å². The summed E-state index contributed by atoms with van der Waals surface area (Å²) in [5.74, 6) is -0.530. The van der Waals surface area contributed by atoms with E-state index < -0.39 is 22.0 Å². The minimum absolute atomic E-state index is 0.00235. The number of anilines is 1. The van der Waals surface area contributed by atoms with Gasteiger partial charge in [-0.1, -0.05) is 36.6 Å². The Hall–Kier alpha value is -4.03. The first-order chi connectivity index (χ1) is 19.3. The van der Waals surface area contributed by atoms with E-state index in [0.717, 1.165) is 36.4 Å². The van der Waals surface area contributed by atoms with Gasteiger partial charge in [-0.2, -0.15) is 0 Å². The summed E-state index contributed by atoms with van der Waals surface area (Å²) in [5, 5.41) is 11.4. The number of benzene rings is 2. The molecule has 210 valence electrons. The average Bonchev–Trinajstić information content (AvgIpc) is 3.63. The van der Waals surface area contributed by atoms with Crippen LogP contribution in [0.15, 0.2) is 76.2 Å². The summed E-state index contributed by atoms with van der Waals surface area (Å²) in [5.41, 5.74) is 1.65. The molecular weight excluding hydrogens is 532 g/mol. The van der Waals surface area contributed by atoms with Crippen molar-refractivity contribution in [2.24, 2.45) is 0 Å². The molecule has 0 aliphatic heterocycles. The Labute approximate surface area is 232 Å². The Morgan fingerprint density at radius 2 is 1.75 bits per heavy atom. The van der Waals surface area contributed by atoms with Gasteiger partial charge < -0.3 is 9.73 Å². The third kappa shape index (κ3) is 5.63. The van der Waals surface area contributed by atoms with Crippen molar-refractivity contribution in [3.05, 3.63) is 72.7 Å². The Bertz CT molecular complexity index is 1570. The summed E-state index contributed by atoms with van der Waals surface area (Å²) < 4.78 is 33.6. The predicted octanol–water partition coefficient (Wildman–Crippen LogP) is 3.50. The summed E-state index contributed by atoms with van der Waals surface area (Å²) >= 11 is 0. The SMILES string of the molecule is CN(C)S(=O)(=O)c1ccc(N(C(=O)Cn2nnc3ccccc32)[C@@H](C(=O)NC2CCCCC2)c2ccco2)cc1. The largest absolute Gasteiger partial charge is 0.467 e. The monoisotopic (exact) mass is 564 g/mol. The second-order valence-corrected chi connectivity index (χ2v) is 12.2. The van der Waals surface area contributed by atoms with Gasteiger partial charge in [0.25, 0.3) is 5.91 Å². The number of nitrogens with one attached hydrogen (secondary N) is 1. The molecule has 40 heavy (non-hydrogen) atoms. The molecular formula is C28H32N6O5S. The number of rotatable bonds is 9. The zero-order valence-electron chi connectivity index (χ0n) is 22.4. The van der Waals surface area contributed by atoms with Crippen LogP contribution in [0.1, 0.15) is 43.9 Å². The fourth-order valence-corrected chi connectivity index (χ4v) is 5.91. The average molecular weight is 565 g/mol. The van der Waals surface area contributed by atoms with Crippen molar-refractivity contribution in [3.8, 4) is 0 Å². The van der Waals surface area contributed by atoms with Crippen molar-refractivity contribution in [2.45, 2.75) is 55.6 Å². The zero-order valence-corrected chi connectivity index (χ0v) is 23.3. The van der Waals surface area contributed by atoms with Gasteiger partial charge in [-0.25, -0.2) is 17.4 Å². The maximum Gasteiger partial charge on any atom is 0.251 e. The third-order valence-corrected chi connectivity index (χ3v) is 8.97. The Morgan fingerprint density at radius 1 is 1.02 bits per heavy atom. The number of carbonyl (C=O) groups is 2. The summed E-state index contributed by atoms with van der Waals surface area (Å²) in [6, 6.07) is 15.4. The van der Waals surface area contributed by atoms with E-state index in [1.807, 2.05) is 18.2 Å². The van der Waals surface area contributed by atoms with Crippen LogP contribution in [0.3, 0.4) is 0 Å². The predicted molar refractivity (Wildman–Crippen MR) is 149 cm³/mol. The molecule has 2 aromatic heterocycles. The number of amides is 2. The van der Waals surface area contributed by atoms with Crippen molar-refractivity contribution in [1.82, 2.24) is 24.6 Å². The normalized spacial score (nSPS) is 15.3. The summed E-state index contributed by atoms with van der Waals surface area (Å²) in [6.07, 6.45) is 6.38. The van der Waals surface area contributed by atoms with Crippen LogP contribution in [0.25, 0.3) is 11.0 Å². The van der Waals surface area contributed by atoms with Gasteiger partial charge >= 0.3 is 0 Å². The number of hydrogen-bond donors (Lipinski definition) is 1. The molecule has 2 heterocycles. The fourth-order valence-electron chi connectivity index (χ4n) is 5.01. The molecule has 4 aromatic rings. The molecule has 11 nitrogen and oxygen atoms in total. The lowest BCUT2D eigenvalue weighted by Crippen LogP contribution is -2.48. The number of aromatic nitrogens is 3. The number of hydrogen-bond acceptors (Lipinski definition) is 7.